The van der Waals surface area contributed by atoms with Gasteiger partial charge in [0.1, 0.15) is 0 Å². The Labute approximate surface area is 124 Å². The predicted octanol–water partition coefficient (Wildman–Crippen LogP) is 2.94. The van der Waals surface area contributed by atoms with Crippen LogP contribution in [0.1, 0.15) is 31.2 Å². The van der Waals surface area contributed by atoms with Crippen LogP contribution in [0, 0.1) is 5.92 Å². The number of nitrogens with zero attached hydrogens (tertiary/aromatic N) is 1. The zero-order valence-corrected chi connectivity index (χ0v) is 12.2. The SMILES string of the molecule is COC(=O)Nc1ccc2c(c1)CCN2C(=O)C1CCCC1. The molecular formula is C16H20N2O3. The number of anilines is 2. The van der Waals surface area contributed by atoms with Gasteiger partial charge in [0.25, 0.3) is 0 Å². The quantitative estimate of drug-likeness (QED) is 0.910. The van der Waals surface area contributed by atoms with E-state index in [1.165, 1.54) is 20.0 Å². The lowest BCUT2D eigenvalue weighted by molar-refractivity contribution is -0.122. The molecule has 0 unspecified atom stereocenters. The molecule has 1 heterocycles. The lowest BCUT2D eigenvalue weighted by Gasteiger charge is -2.21. The van der Waals surface area contributed by atoms with Crippen molar-refractivity contribution in [2.75, 3.05) is 23.9 Å². The highest BCUT2D eigenvalue weighted by molar-refractivity contribution is 5.97. The second-order valence-electron chi connectivity index (χ2n) is 5.68. The maximum Gasteiger partial charge on any atom is 0.411 e. The molecule has 112 valence electrons. The second-order valence-corrected chi connectivity index (χ2v) is 5.68. The molecule has 0 radical (unpaired) electrons. The van der Waals surface area contributed by atoms with Gasteiger partial charge >= 0.3 is 6.09 Å². The molecule has 1 saturated carbocycles. The van der Waals surface area contributed by atoms with Crippen molar-refractivity contribution in [1.29, 1.82) is 0 Å². The summed E-state index contributed by atoms with van der Waals surface area (Å²) in [6.45, 7) is 0.742. The Hall–Kier alpha value is -2.04. The first-order valence-electron chi connectivity index (χ1n) is 7.48. The highest BCUT2D eigenvalue weighted by Gasteiger charge is 2.31. The molecule has 0 aromatic heterocycles. The highest BCUT2D eigenvalue weighted by atomic mass is 16.5. The van der Waals surface area contributed by atoms with Crippen LogP contribution in [0.15, 0.2) is 18.2 Å². The first kappa shape index (κ1) is 13.9. The molecule has 21 heavy (non-hydrogen) atoms. The van der Waals surface area contributed by atoms with Gasteiger partial charge < -0.3 is 9.64 Å². The number of fused-ring (bicyclic) bond motifs is 1. The average Bonchev–Trinajstić information content (AvgIpc) is 3.15. The molecule has 1 aromatic rings. The van der Waals surface area contributed by atoms with Crippen LogP contribution in [0.3, 0.4) is 0 Å². The Morgan fingerprint density at radius 2 is 2.05 bits per heavy atom. The Bertz CT molecular complexity index is 565. The number of methoxy groups -OCH3 is 1. The van der Waals surface area contributed by atoms with E-state index in [0.717, 1.165) is 37.1 Å². The molecule has 1 N–H and O–H groups in total. The van der Waals surface area contributed by atoms with Crippen LogP contribution in [0.4, 0.5) is 16.2 Å². The smallest absolute Gasteiger partial charge is 0.411 e. The van der Waals surface area contributed by atoms with E-state index in [2.05, 4.69) is 10.1 Å². The van der Waals surface area contributed by atoms with Gasteiger partial charge in [-0.3, -0.25) is 10.1 Å². The number of carbonyl (C=O) groups is 2. The van der Waals surface area contributed by atoms with E-state index < -0.39 is 6.09 Å². The van der Waals surface area contributed by atoms with Crippen molar-refractivity contribution < 1.29 is 14.3 Å². The molecule has 2 amide bonds. The van der Waals surface area contributed by atoms with Gasteiger partial charge in [0.2, 0.25) is 5.91 Å². The summed E-state index contributed by atoms with van der Waals surface area (Å²) in [5.74, 6) is 0.462. The summed E-state index contributed by atoms with van der Waals surface area (Å²) < 4.78 is 4.59. The number of hydrogen-bond acceptors (Lipinski definition) is 3. The lowest BCUT2D eigenvalue weighted by Crippen LogP contribution is -2.33. The van der Waals surface area contributed by atoms with Gasteiger partial charge in [-0.2, -0.15) is 0 Å². The zero-order valence-electron chi connectivity index (χ0n) is 12.2. The van der Waals surface area contributed by atoms with Crippen molar-refractivity contribution in [1.82, 2.24) is 0 Å². The van der Waals surface area contributed by atoms with Crippen LogP contribution in [0.5, 0.6) is 0 Å². The van der Waals surface area contributed by atoms with Crippen LogP contribution < -0.4 is 10.2 Å². The van der Waals surface area contributed by atoms with Crippen molar-refractivity contribution in [2.24, 2.45) is 5.92 Å². The van der Waals surface area contributed by atoms with E-state index in [1.54, 1.807) is 0 Å². The Morgan fingerprint density at radius 3 is 2.76 bits per heavy atom. The maximum absolute atomic E-state index is 12.6. The normalized spacial score (nSPS) is 17.7. The third kappa shape index (κ3) is 2.73. The second kappa shape index (κ2) is 5.76. The standard InChI is InChI=1S/C16H20N2O3/c1-21-16(20)17-13-6-7-14-12(10-13)8-9-18(14)15(19)11-4-2-3-5-11/h6-7,10-11H,2-5,8-9H2,1H3,(H,17,20). The summed E-state index contributed by atoms with van der Waals surface area (Å²) >= 11 is 0. The molecule has 5 heteroatoms. The van der Waals surface area contributed by atoms with E-state index in [-0.39, 0.29) is 11.8 Å². The number of amides is 2. The first-order chi connectivity index (χ1) is 10.2. The Balaban J connectivity index is 1.76. The summed E-state index contributed by atoms with van der Waals surface area (Å²) in [7, 11) is 1.34. The van der Waals surface area contributed by atoms with Gasteiger partial charge in [-0.25, -0.2) is 4.79 Å². The number of hydrogen-bond donors (Lipinski definition) is 1. The van der Waals surface area contributed by atoms with Crippen molar-refractivity contribution >= 4 is 23.4 Å². The minimum Gasteiger partial charge on any atom is -0.453 e. The number of carbonyl (C=O) groups excluding carboxylic acids is 2. The molecule has 1 aliphatic carbocycles. The van der Waals surface area contributed by atoms with Gasteiger partial charge in [-0.1, -0.05) is 12.8 Å². The highest BCUT2D eigenvalue weighted by Crippen LogP contribution is 2.34. The van der Waals surface area contributed by atoms with Crippen LogP contribution >= 0.6 is 0 Å². The van der Waals surface area contributed by atoms with Crippen LogP contribution in [0.25, 0.3) is 0 Å². The molecule has 0 spiro atoms. The fourth-order valence-electron chi connectivity index (χ4n) is 3.27. The van der Waals surface area contributed by atoms with Crippen molar-refractivity contribution in [3.63, 3.8) is 0 Å². The molecular weight excluding hydrogens is 268 g/mol. The molecule has 2 aliphatic rings. The van der Waals surface area contributed by atoms with Gasteiger partial charge in [0, 0.05) is 23.8 Å². The molecule has 0 saturated heterocycles. The Morgan fingerprint density at radius 1 is 1.29 bits per heavy atom. The van der Waals surface area contributed by atoms with Crippen LogP contribution in [0.2, 0.25) is 0 Å². The van der Waals surface area contributed by atoms with E-state index >= 15 is 0 Å². The summed E-state index contributed by atoms with van der Waals surface area (Å²) in [5.41, 5.74) is 2.80. The topological polar surface area (TPSA) is 58.6 Å². The molecule has 5 nitrogen and oxygen atoms in total. The van der Waals surface area contributed by atoms with Crippen LogP contribution in [-0.4, -0.2) is 25.7 Å². The molecule has 1 aromatic carbocycles. The maximum atomic E-state index is 12.6. The van der Waals surface area contributed by atoms with Crippen molar-refractivity contribution in [3.8, 4) is 0 Å². The van der Waals surface area contributed by atoms with Gasteiger partial charge in [0.05, 0.1) is 7.11 Å². The predicted molar refractivity (Wildman–Crippen MR) is 80.5 cm³/mol. The van der Waals surface area contributed by atoms with Crippen molar-refractivity contribution in [3.05, 3.63) is 23.8 Å². The van der Waals surface area contributed by atoms with Crippen molar-refractivity contribution in [2.45, 2.75) is 32.1 Å². The zero-order chi connectivity index (χ0) is 14.8. The monoisotopic (exact) mass is 288 g/mol. The first-order valence-corrected chi connectivity index (χ1v) is 7.48. The minimum atomic E-state index is -0.480. The third-order valence-electron chi connectivity index (χ3n) is 4.38. The molecule has 3 rings (SSSR count). The number of rotatable bonds is 2. The summed E-state index contributed by atoms with van der Waals surface area (Å²) in [6.07, 6.45) is 4.73. The molecule has 0 bridgehead atoms. The molecule has 1 fully saturated rings. The summed E-state index contributed by atoms with van der Waals surface area (Å²) in [5, 5.41) is 2.66. The molecule has 0 atom stereocenters. The fourth-order valence-corrected chi connectivity index (χ4v) is 3.27. The van der Waals surface area contributed by atoms with E-state index in [1.807, 2.05) is 23.1 Å². The number of benzene rings is 1. The van der Waals surface area contributed by atoms with E-state index in [4.69, 9.17) is 0 Å². The number of nitrogens with one attached hydrogen (secondary N) is 1. The molecule has 1 aliphatic heterocycles. The summed E-state index contributed by atoms with van der Waals surface area (Å²) in [6, 6.07) is 5.66. The van der Waals surface area contributed by atoms with Gasteiger partial charge in [0.15, 0.2) is 0 Å². The minimum absolute atomic E-state index is 0.198. The third-order valence-corrected chi connectivity index (χ3v) is 4.38. The van der Waals surface area contributed by atoms with E-state index in [9.17, 15) is 9.59 Å². The van der Waals surface area contributed by atoms with E-state index in [0.29, 0.717) is 5.69 Å². The average molecular weight is 288 g/mol. The van der Waals surface area contributed by atoms with Crippen LogP contribution in [-0.2, 0) is 16.0 Å². The lowest BCUT2D eigenvalue weighted by atomic mass is 10.1. The van der Waals surface area contributed by atoms with Gasteiger partial charge in [-0.15, -0.1) is 0 Å². The summed E-state index contributed by atoms with van der Waals surface area (Å²) in [4.78, 5) is 25.7. The Kier molecular flexibility index (Phi) is 3.82. The number of ether oxygens (including phenoxy) is 1. The fraction of sp³-hybridized carbons (Fsp3) is 0.500. The largest absolute Gasteiger partial charge is 0.453 e. The van der Waals surface area contributed by atoms with Gasteiger partial charge in [-0.05, 0) is 43.0 Å².